The monoisotopic (exact) mass is 300 g/mol. The van der Waals surface area contributed by atoms with E-state index in [0.717, 1.165) is 21.6 Å². The third-order valence-electron chi connectivity index (χ3n) is 2.98. The van der Waals surface area contributed by atoms with E-state index < -0.39 is 0 Å². The number of nitrogens with one attached hydrogen (secondary N) is 1. The van der Waals surface area contributed by atoms with E-state index in [4.69, 9.17) is 4.98 Å². The highest BCUT2D eigenvalue weighted by atomic mass is 32.1. The van der Waals surface area contributed by atoms with Crippen LogP contribution in [0.25, 0.3) is 10.2 Å². The molecular weight excluding hydrogens is 280 g/mol. The van der Waals surface area contributed by atoms with Gasteiger partial charge in [0.05, 0.1) is 10.2 Å². The highest BCUT2D eigenvalue weighted by Crippen LogP contribution is 2.31. The van der Waals surface area contributed by atoms with Crippen molar-refractivity contribution in [3.8, 4) is 0 Å². The molecule has 0 spiro atoms. The molecule has 2 aromatic heterocycles. The molecule has 0 saturated carbocycles. The van der Waals surface area contributed by atoms with Crippen LogP contribution in [0.15, 0.2) is 43.3 Å². The molecule has 0 amide bonds. The van der Waals surface area contributed by atoms with Crippen molar-refractivity contribution in [2.45, 2.75) is 6.92 Å². The molecule has 0 aromatic carbocycles. The lowest BCUT2D eigenvalue weighted by atomic mass is 10.3. The zero-order chi connectivity index (χ0) is 15.2. The largest absolute Gasteiger partial charge is 0.365 e. The van der Waals surface area contributed by atoms with Crippen molar-refractivity contribution in [3.63, 3.8) is 0 Å². The lowest BCUT2D eigenvalue weighted by molar-refractivity contribution is 0.898. The first-order chi connectivity index (χ1) is 10.2. The summed E-state index contributed by atoms with van der Waals surface area (Å²) in [5, 5.41) is 5.40. The Morgan fingerprint density at radius 3 is 2.52 bits per heavy atom. The molecule has 1 N–H and O–H groups in total. The molecular formula is C16H20N4S. The first kappa shape index (κ1) is 15.3. The van der Waals surface area contributed by atoms with Crippen molar-refractivity contribution in [2.75, 3.05) is 29.9 Å². The van der Waals surface area contributed by atoms with Crippen LogP contribution in [-0.2, 0) is 0 Å². The Bertz CT molecular complexity index is 650. The van der Waals surface area contributed by atoms with Crippen molar-refractivity contribution in [3.05, 3.63) is 48.9 Å². The molecule has 0 unspecified atom stereocenters. The summed E-state index contributed by atoms with van der Waals surface area (Å²) in [6.45, 7) is 15.4. The molecule has 0 aliphatic rings. The summed E-state index contributed by atoms with van der Waals surface area (Å²) in [7, 11) is 0. The number of anilines is 2. The quantitative estimate of drug-likeness (QED) is 0.753. The molecule has 0 aliphatic carbocycles. The van der Waals surface area contributed by atoms with E-state index in [9.17, 15) is 0 Å². The first-order valence-corrected chi connectivity index (χ1v) is 7.66. The summed E-state index contributed by atoms with van der Waals surface area (Å²) >= 11 is 1.66. The fourth-order valence-corrected chi connectivity index (χ4v) is 2.95. The molecule has 2 aromatic rings. The van der Waals surface area contributed by atoms with E-state index in [2.05, 4.69) is 42.3 Å². The van der Waals surface area contributed by atoms with Gasteiger partial charge in [0.2, 0.25) is 5.95 Å². The second kappa shape index (κ2) is 7.04. The van der Waals surface area contributed by atoms with Crippen molar-refractivity contribution in [1.82, 2.24) is 9.97 Å². The predicted molar refractivity (Wildman–Crippen MR) is 93.4 cm³/mol. The van der Waals surface area contributed by atoms with Crippen LogP contribution in [0, 0.1) is 6.92 Å². The third kappa shape index (κ3) is 3.31. The maximum Gasteiger partial charge on any atom is 0.228 e. The number of aryl methyl sites for hydroxylation is 1. The van der Waals surface area contributed by atoms with Gasteiger partial charge in [0.1, 0.15) is 5.82 Å². The first-order valence-electron chi connectivity index (χ1n) is 6.78. The van der Waals surface area contributed by atoms with Crippen molar-refractivity contribution < 1.29 is 0 Å². The van der Waals surface area contributed by atoms with Crippen LogP contribution in [0.1, 0.15) is 5.56 Å². The molecule has 2 heterocycles. The van der Waals surface area contributed by atoms with Crippen molar-refractivity contribution in [2.24, 2.45) is 0 Å². The summed E-state index contributed by atoms with van der Waals surface area (Å²) in [4.78, 5) is 11.4. The van der Waals surface area contributed by atoms with Crippen LogP contribution < -0.4 is 10.2 Å². The smallest absolute Gasteiger partial charge is 0.228 e. The zero-order valence-electron chi connectivity index (χ0n) is 12.3. The Morgan fingerprint density at radius 2 is 1.90 bits per heavy atom. The molecule has 21 heavy (non-hydrogen) atoms. The van der Waals surface area contributed by atoms with Crippen LogP contribution in [0.5, 0.6) is 0 Å². The van der Waals surface area contributed by atoms with Crippen LogP contribution in [0.2, 0.25) is 0 Å². The van der Waals surface area contributed by atoms with E-state index in [1.165, 1.54) is 0 Å². The zero-order valence-corrected chi connectivity index (χ0v) is 13.1. The number of hydrogen-bond donors (Lipinski definition) is 1. The molecule has 0 radical (unpaired) electrons. The summed E-state index contributed by atoms with van der Waals surface area (Å²) in [6, 6.07) is 0. The molecule has 110 valence electrons. The van der Waals surface area contributed by atoms with Crippen LogP contribution >= 0.6 is 11.3 Å². The maximum atomic E-state index is 4.70. The number of rotatable bonds is 8. The van der Waals surface area contributed by atoms with Crippen LogP contribution in [0.4, 0.5) is 11.8 Å². The second-order valence-corrected chi connectivity index (χ2v) is 5.50. The van der Waals surface area contributed by atoms with Gasteiger partial charge in [-0.25, -0.2) is 4.98 Å². The summed E-state index contributed by atoms with van der Waals surface area (Å²) in [5.74, 6) is 1.54. The van der Waals surface area contributed by atoms with Gasteiger partial charge in [0.15, 0.2) is 0 Å². The van der Waals surface area contributed by atoms with Crippen molar-refractivity contribution in [1.29, 1.82) is 0 Å². The Hall–Kier alpha value is -2.14. The molecule has 0 bridgehead atoms. The van der Waals surface area contributed by atoms with Gasteiger partial charge in [-0.05, 0) is 17.9 Å². The lowest BCUT2D eigenvalue weighted by Crippen LogP contribution is -2.25. The Balaban J connectivity index is 2.51. The Kier molecular flexibility index (Phi) is 5.11. The maximum absolute atomic E-state index is 4.70. The fourth-order valence-electron chi connectivity index (χ4n) is 2.00. The van der Waals surface area contributed by atoms with Crippen molar-refractivity contribution >= 4 is 33.3 Å². The highest BCUT2D eigenvalue weighted by Gasteiger charge is 2.14. The van der Waals surface area contributed by atoms with E-state index in [-0.39, 0.29) is 0 Å². The van der Waals surface area contributed by atoms with Gasteiger partial charge in [-0.3, -0.25) is 0 Å². The Labute approximate surface area is 129 Å². The average molecular weight is 300 g/mol. The summed E-state index contributed by atoms with van der Waals surface area (Å²) in [5.41, 5.74) is 2.16. The fraction of sp³-hybridized carbons (Fsp3) is 0.250. The number of nitrogens with zero attached hydrogens (tertiary/aromatic N) is 3. The average Bonchev–Trinajstić information content (AvgIpc) is 2.86. The summed E-state index contributed by atoms with van der Waals surface area (Å²) in [6.07, 6.45) is 5.50. The molecule has 0 atom stereocenters. The molecule has 0 fully saturated rings. The van der Waals surface area contributed by atoms with E-state index in [1.807, 2.05) is 23.1 Å². The van der Waals surface area contributed by atoms with Gasteiger partial charge in [-0.2, -0.15) is 4.98 Å². The van der Waals surface area contributed by atoms with E-state index >= 15 is 0 Å². The second-order valence-electron chi connectivity index (χ2n) is 4.62. The number of hydrogen-bond acceptors (Lipinski definition) is 5. The third-order valence-corrected chi connectivity index (χ3v) is 4.07. The van der Waals surface area contributed by atoms with Crippen LogP contribution in [-0.4, -0.2) is 29.6 Å². The SMILES string of the molecule is C=CCNc1nc(N(CC=C)CC=C)nc2c(C)csc12. The number of fused-ring (bicyclic) bond motifs is 1. The van der Waals surface area contributed by atoms with Gasteiger partial charge >= 0.3 is 0 Å². The van der Waals surface area contributed by atoms with Gasteiger partial charge in [-0.15, -0.1) is 31.1 Å². The molecule has 0 saturated heterocycles. The number of thiophene rings is 1. The minimum Gasteiger partial charge on any atom is -0.365 e. The molecule has 4 nitrogen and oxygen atoms in total. The number of aromatic nitrogens is 2. The Morgan fingerprint density at radius 1 is 1.19 bits per heavy atom. The van der Waals surface area contributed by atoms with Gasteiger partial charge in [0.25, 0.3) is 0 Å². The standard InChI is InChI=1S/C16H20N4S/c1-5-8-17-15-14-13(12(4)11-21-14)18-16(19-15)20(9-6-2)10-7-3/h5-7,11H,1-3,8-10H2,4H3,(H,17,18,19). The molecule has 5 heteroatoms. The van der Waals surface area contributed by atoms with E-state index in [0.29, 0.717) is 25.6 Å². The summed E-state index contributed by atoms with van der Waals surface area (Å²) < 4.78 is 1.08. The lowest BCUT2D eigenvalue weighted by Gasteiger charge is -2.20. The van der Waals surface area contributed by atoms with E-state index in [1.54, 1.807) is 11.3 Å². The highest BCUT2D eigenvalue weighted by molar-refractivity contribution is 7.18. The minimum atomic E-state index is 0.672. The predicted octanol–water partition coefficient (Wildman–Crippen LogP) is 3.78. The van der Waals surface area contributed by atoms with Crippen LogP contribution in [0.3, 0.4) is 0 Å². The topological polar surface area (TPSA) is 41.1 Å². The normalized spacial score (nSPS) is 10.3. The van der Waals surface area contributed by atoms with Gasteiger partial charge in [-0.1, -0.05) is 18.2 Å². The molecule has 0 aliphatic heterocycles. The minimum absolute atomic E-state index is 0.672. The van der Waals surface area contributed by atoms with Gasteiger partial charge < -0.3 is 10.2 Å². The van der Waals surface area contributed by atoms with Gasteiger partial charge in [0, 0.05) is 19.6 Å². The molecule has 2 rings (SSSR count).